The summed E-state index contributed by atoms with van der Waals surface area (Å²) in [5.74, 6) is 0.827. The molecule has 0 amide bonds. The average molecular weight is 399 g/mol. The Morgan fingerprint density at radius 3 is 2.68 bits per heavy atom. The summed E-state index contributed by atoms with van der Waals surface area (Å²) in [7, 11) is 5.76. The van der Waals surface area contributed by atoms with Crippen LogP contribution in [0.15, 0.2) is 54.6 Å². The number of hydrogen-bond acceptors (Lipinski definition) is 4. The summed E-state index contributed by atoms with van der Waals surface area (Å²) >= 11 is 0. The lowest BCUT2D eigenvalue weighted by Gasteiger charge is -2.42. The average Bonchev–Trinajstić information content (AvgIpc) is 2.67. The summed E-state index contributed by atoms with van der Waals surface area (Å²) in [6, 6.07) is 18.2. The van der Waals surface area contributed by atoms with Crippen molar-refractivity contribution in [1.29, 1.82) is 0 Å². The predicted octanol–water partition coefficient (Wildman–Crippen LogP) is 3.83. The molecule has 0 saturated heterocycles. The zero-order valence-corrected chi connectivity index (χ0v) is 17.4. The Labute approximate surface area is 172 Å². The number of ether oxygens (including phenoxy) is 1. The highest BCUT2D eigenvalue weighted by Gasteiger charge is 2.43. The second-order valence-corrected chi connectivity index (χ2v) is 7.78. The van der Waals surface area contributed by atoms with Gasteiger partial charge in [-0.05, 0) is 55.9 Å². The van der Waals surface area contributed by atoms with Gasteiger partial charge in [0.25, 0.3) is 0 Å². The number of para-hydroxylation sites is 1. The lowest BCUT2D eigenvalue weighted by Crippen LogP contribution is -2.46. The van der Waals surface area contributed by atoms with Gasteiger partial charge in [0.2, 0.25) is 0 Å². The maximum Gasteiger partial charge on any atom is 0.119 e. The van der Waals surface area contributed by atoms with Gasteiger partial charge in [0.1, 0.15) is 5.75 Å². The number of fused-ring (bicyclic) bond motifs is 2. The first-order valence-corrected chi connectivity index (χ1v) is 9.39. The van der Waals surface area contributed by atoms with Gasteiger partial charge < -0.3 is 14.7 Å². The quantitative estimate of drug-likeness (QED) is 0.725. The molecule has 4 nitrogen and oxygen atoms in total. The lowest BCUT2D eigenvalue weighted by molar-refractivity contribution is -0.0400. The summed E-state index contributed by atoms with van der Waals surface area (Å²) in [5, 5.41) is 13.0. The first-order chi connectivity index (χ1) is 13.0. The van der Waals surface area contributed by atoms with Crippen molar-refractivity contribution >= 4 is 23.3 Å². The van der Waals surface area contributed by atoms with Crippen molar-refractivity contribution in [2.45, 2.75) is 18.4 Å². The Morgan fingerprint density at radius 2 is 1.93 bits per heavy atom. The molecule has 5 heteroatoms. The van der Waals surface area contributed by atoms with Crippen molar-refractivity contribution < 1.29 is 9.84 Å². The Hall–Kier alpha value is -2.14. The van der Waals surface area contributed by atoms with Crippen molar-refractivity contribution in [2.75, 3.05) is 27.7 Å². The monoisotopic (exact) mass is 398 g/mol. The number of rotatable bonds is 4. The Bertz CT molecular complexity index is 976. The molecular formula is C23H27ClN2O2. The van der Waals surface area contributed by atoms with E-state index in [9.17, 15) is 5.11 Å². The van der Waals surface area contributed by atoms with Crippen LogP contribution in [0.1, 0.15) is 16.8 Å². The molecule has 0 unspecified atom stereocenters. The van der Waals surface area contributed by atoms with Crippen molar-refractivity contribution in [3.05, 3.63) is 71.4 Å². The van der Waals surface area contributed by atoms with Gasteiger partial charge in [-0.15, -0.1) is 12.4 Å². The van der Waals surface area contributed by atoms with Crippen molar-refractivity contribution in [1.82, 2.24) is 9.88 Å². The van der Waals surface area contributed by atoms with E-state index in [1.54, 1.807) is 7.11 Å². The fourth-order valence-electron chi connectivity index (χ4n) is 4.25. The second-order valence-electron chi connectivity index (χ2n) is 7.78. The van der Waals surface area contributed by atoms with Crippen LogP contribution in [-0.2, 0) is 18.4 Å². The number of benzene rings is 2. The van der Waals surface area contributed by atoms with Crippen LogP contribution >= 0.6 is 12.4 Å². The molecule has 1 aliphatic carbocycles. The van der Waals surface area contributed by atoms with Gasteiger partial charge in [0, 0.05) is 30.0 Å². The van der Waals surface area contributed by atoms with Gasteiger partial charge in [-0.3, -0.25) is 4.98 Å². The Balaban J connectivity index is 0.00000225. The molecule has 0 spiro atoms. The minimum atomic E-state index is -0.948. The molecule has 2 aromatic carbocycles. The largest absolute Gasteiger partial charge is 0.497 e. The van der Waals surface area contributed by atoms with E-state index in [-0.39, 0.29) is 18.3 Å². The molecule has 28 heavy (non-hydrogen) atoms. The summed E-state index contributed by atoms with van der Waals surface area (Å²) in [4.78, 5) is 7.05. The van der Waals surface area contributed by atoms with Crippen molar-refractivity contribution in [3.63, 3.8) is 0 Å². The topological polar surface area (TPSA) is 45.6 Å². The molecule has 1 heterocycles. The van der Waals surface area contributed by atoms with Crippen molar-refractivity contribution in [3.8, 4) is 5.75 Å². The fraction of sp³-hybridized carbons (Fsp3) is 0.348. The summed E-state index contributed by atoms with van der Waals surface area (Å²) in [6.45, 7) is 0.793. The molecule has 0 radical (unpaired) electrons. The van der Waals surface area contributed by atoms with Crippen LogP contribution in [0.5, 0.6) is 5.75 Å². The number of pyridine rings is 1. The molecule has 148 valence electrons. The van der Waals surface area contributed by atoms with E-state index in [2.05, 4.69) is 37.2 Å². The predicted molar refractivity (Wildman–Crippen MR) is 115 cm³/mol. The van der Waals surface area contributed by atoms with E-state index >= 15 is 0 Å². The molecule has 1 N–H and O–H groups in total. The first kappa shape index (κ1) is 20.6. The molecule has 1 aliphatic rings. The molecule has 2 atom stereocenters. The molecule has 0 bridgehead atoms. The van der Waals surface area contributed by atoms with Crippen LogP contribution in [0.25, 0.3) is 10.9 Å². The molecule has 3 aromatic rings. The SMILES string of the molecule is COc1cccc([C@]2(O)Cc3cc4ccccc4nc3C[C@@H]2CN(C)C)c1.Cl. The van der Waals surface area contributed by atoms with E-state index in [0.29, 0.717) is 6.42 Å². The smallest absolute Gasteiger partial charge is 0.119 e. The minimum absolute atomic E-state index is 0. The lowest BCUT2D eigenvalue weighted by atomic mass is 9.70. The molecule has 4 rings (SSSR count). The third-order valence-electron chi connectivity index (χ3n) is 5.62. The zero-order chi connectivity index (χ0) is 19.0. The zero-order valence-electron chi connectivity index (χ0n) is 16.6. The van der Waals surface area contributed by atoms with Crippen molar-refractivity contribution in [2.24, 2.45) is 5.92 Å². The van der Waals surface area contributed by atoms with Gasteiger partial charge in [0.15, 0.2) is 0 Å². The summed E-state index contributed by atoms with van der Waals surface area (Å²) < 4.78 is 5.40. The Morgan fingerprint density at radius 1 is 1.14 bits per heavy atom. The minimum Gasteiger partial charge on any atom is -0.497 e. The number of aliphatic hydroxyl groups is 1. The van der Waals surface area contributed by atoms with E-state index in [4.69, 9.17) is 9.72 Å². The third kappa shape index (κ3) is 3.72. The summed E-state index contributed by atoms with van der Waals surface area (Å²) in [6.07, 6.45) is 1.32. The number of hydrogen-bond donors (Lipinski definition) is 1. The van der Waals surface area contributed by atoms with E-state index in [1.807, 2.05) is 36.4 Å². The van der Waals surface area contributed by atoms with Crippen LogP contribution in [0.3, 0.4) is 0 Å². The van der Waals surface area contributed by atoms with Crippen LogP contribution in [0, 0.1) is 5.92 Å². The molecule has 0 fully saturated rings. The van der Waals surface area contributed by atoms with Crippen LogP contribution in [0.2, 0.25) is 0 Å². The van der Waals surface area contributed by atoms with E-state index < -0.39 is 5.60 Å². The molecular weight excluding hydrogens is 372 g/mol. The highest BCUT2D eigenvalue weighted by Crippen LogP contribution is 2.42. The highest BCUT2D eigenvalue weighted by molar-refractivity contribution is 5.85. The normalized spacial score (nSPS) is 21.2. The third-order valence-corrected chi connectivity index (χ3v) is 5.62. The number of aromatic nitrogens is 1. The highest BCUT2D eigenvalue weighted by atomic mass is 35.5. The van der Waals surface area contributed by atoms with Gasteiger partial charge in [-0.1, -0.05) is 30.3 Å². The standard InChI is InChI=1S/C23H26N2O2.ClH/c1-25(2)15-19-13-22-17(11-16-7-4-5-10-21(16)24-22)14-23(19,26)18-8-6-9-20(12-18)27-3;/h4-12,19,26H,13-15H2,1-3H3;1H/t19-,23-;/m1./s1. The van der Waals surface area contributed by atoms with Gasteiger partial charge >= 0.3 is 0 Å². The van der Waals surface area contributed by atoms with Gasteiger partial charge in [-0.2, -0.15) is 0 Å². The van der Waals surface area contributed by atoms with Gasteiger partial charge in [0.05, 0.1) is 18.2 Å². The maximum absolute atomic E-state index is 11.9. The maximum atomic E-state index is 11.9. The first-order valence-electron chi connectivity index (χ1n) is 9.39. The molecule has 0 aliphatic heterocycles. The summed E-state index contributed by atoms with van der Waals surface area (Å²) in [5.41, 5.74) is 3.22. The van der Waals surface area contributed by atoms with E-state index in [1.165, 1.54) is 0 Å². The fourth-order valence-corrected chi connectivity index (χ4v) is 4.25. The number of nitrogens with zero attached hydrogens (tertiary/aromatic N) is 2. The number of methoxy groups -OCH3 is 1. The van der Waals surface area contributed by atoms with Gasteiger partial charge in [-0.25, -0.2) is 0 Å². The second kappa shape index (κ2) is 8.08. The van der Waals surface area contributed by atoms with Crippen LogP contribution in [-0.4, -0.2) is 42.7 Å². The molecule has 1 aromatic heterocycles. The molecule has 0 saturated carbocycles. The Kier molecular flexibility index (Phi) is 5.94. The van der Waals surface area contributed by atoms with Crippen LogP contribution < -0.4 is 4.74 Å². The van der Waals surface area contributed by atoms with E-state index in [0.717, 1.165) is 46.4 Å². The van der Waals surface area contributed by atoms with Crippen LogP contribution in [0.4, 0.5) is 0 Å². The number of halogens is 1.